The van der Waals surface area contributed by atoms with Gasteiger partial charge in [-0.3, -0.25) is 4.79 Å². The third kappa shape index (κ3) is 2.91. The predicted octanol–water partition coefficient (Wildman–Crippen LogP) is 2.90. The highest BCUT2D eigenvalue weighted by Crippen LogP contribution is 2.33. The highest BCUT2D eigenvalue weighted by atomic mass is 32.1. The van der Waals surface area contributed by atoms with Gasteiger partial charge in [-0.05, 0) is 38.0 Å². The van der Waals surface area contributed by atoms with E-state index in [1.165, 1.54) is 0 Å². The van der Waals surface area contributed by atoms with Gasteiger partial charge in [0.05, 0.1) is 17.5 Å². The lowest BCUT2D eigenvalue weighted by Crippen LogP contribution is -2.44. The average Bonchev–Trinajstić information content (AvgIpc) is 3.20. The number of fused-ring (bicyclic) bond motifs is 1. The molecule has 2 aromatic rings. The lowest BCUT2D eigenvalue weighted by atomic mass is 10.0. The average molecular weight is 344 g/mol. The number of ether oxygens (including phenoxy) is 2. The van der Waals surface area contributed by atoms with Gasteiger partial charge < -0.3 is 14.4 Å². The molecule has 0 aliphatic carbocycles. The Bertz CT molecular complexity index is 718. The van der Waals surface area contributed by atoms with Crippen molar-refractivity contribution in [2.24, 2.45) is 0 Å². The molecule has 6 heteroatoms. The molecule has 2 saturated heterocycles. The molecule has 5 nitrogen and oxygen atoms in total. The van der Waals surface area contributed by atoms with Crippen LogP contribution in [0.4, 0.5) is 0 Å². The Hall–Kier alpha value is -1.92. The number of nitrogens with zero attached hydrogens (tertiary/aromatic N) is 2. The molecule has 0 unspecified atom stereocenters. The van der Waals surface area contributed by atoms with Gasteiger partial charge in [-0.2, -0.15) is 0 Å². The van der Waals surface area contributed by atoms with E-state index in [1.807, 2.05) is 42.2 Å². The molecule has 4 rings (SSSR count). The highest BCUT2D eigenvalue weighted by molar-refractivity contribution is 7.13. The van der Waals surface area contributed by atoms with Crippen LogP contribution in [0.15, 0.2) is 36.5 Å². The van der Waals surface area contributed by atoms with Gasteiger partial charge in [0.1, 0.15) is 12.2 Å². The molecule has 0 saturated carbocycles. The van der Waals surface area contributed by atoms with Gasteiger partial charge in [0.2, 0.25) is 5.88 Å². The Kier molecular flexibility index (Phi) is 4.24. The third-order valence-electron chi connectivity index (χ3n) is 4.60. The molecule has 0 N–H and O–H groups in total. The molecule has 1 amide bonds. The Morgan fingerprint density at radius 2 is 2.29 bits per heavy atom. The molecule has 4 heterocycles. The molecule has 126 valence electrons. The molecule has 0 spiro atoms. The fourth-order valence-corrected chi connectivity index (χ4v) is 4.33. The Balaban J connectivity index is 1.56. The first kappa shape index (κ1) is 15.6. The van der Waals surface area contributed by atoms with E-state index in [1.54, 1.807) is 17.5 Å². The van der Waals surface area contributed by atoms with Crippen LogP contribution in [0.1, 0.15) is 27.4 Å². The van der Waals surface area contributed by atoms with Crippen molar-refractivity contribution in [3.63, 3.8) is 0 Å². The third-order valence-corrected chi connectivity index (χ3v) is 5.59. The number of hydrogen-bond acceptors (Lipinski definition) is 5. The Morgan fingerprint density at radius 1 is 1.38 bits per heavy atom. The van der Waals surface area contributed by atoms with Crippen molar-refractivity contribution in [1.29, 1.82) is 0 Å². The van der Waals surface area contributed by atoms with Crippen molar-refractivity contribution in [2.45, 2.75) is 38.0 Å². The number of carbonyl (C=O) groups is 1. The van der Waals surface area contributed by atoms with Crippen LogP contribution in [-0.2, 0) is 4.74 Å². The minimum Gasteiger partial charge on any atom is -0.470 e. The number of hydrogen-bond donors (Lipinski definition) is 0. The first-order valence-corrected chi connectivity index (χ1v) is 9.11. The molecule has 3 atom stereocenters. The molecule has 0 aromatic carbocycles. The van der Waals surface area contributed by atoms with Crippen molar-refractivity contribution in [3.05, 3.63) is 46.3 Å². The predicted molar refractivity (Wildman–Crippen MR) is 91.5 cm³/mol. The SMILES string of the molecule is Cc1ccc(C(=O)N2C[C@@H](Oc3ccccn3)[C@@H]3OCCC[C@@H]32)s1. The van der Waals surface area contributed by atoms with Gasteiger partial charge in [-0.1, -0.05) is 6.07 Å². The summed E-state index contributed by atoms with van der Waals surface area (Å²) >= 11 is 1.54. The molecule has 2 fully saturated rings. The van der Waals surface area contributed by atoms with E-state index in [9.17, 15) is 4.79 Å². The Morgan fingerprint density at radius 3 is 3.04 bits per heavy atom. The zero-order valence-corrected chi connectivity index (χ0v) is 14.4. The number of amides is 1. The van der Waals surface area contributed by atoms with Crippen LogP contribution < -0.4 is 4.74 Å². The van der Waals surface area contributed by atoms with E-state index in [0.717, 1.165) is 29.2 Å². The van der Waals surface area contributed by atoms with Gasteiger partial charge in [0.25, 0.3) is 5.91 Å². The van der Waals surface area contributed by atoms with E-state index in [4.69, 9.17) is 9.47 Å². The van der Waals surface area contributed by atoms with Crippen molar-refractivity contribution >= 4 is 17.2 Å². The fraction of sp³-hybridized carbons (Fsp3) is 0.444. The van der Waals surface area contributed by atoms with Gasteiger partial charge in [0.15, 0.2) is 0 Å². The highest BCUT2D eigenvalue weighted by Gasteiger charge is 2.47. The minimum atomic E-state index is -0.171. The van der Waals surface area contributed by atoms with Crippen LogP contribution in [0.5, 0.6) is 5.88 Å². The van der Waals surface area contributed by atoms with Gasteiger partial charge in [-0.25, -0.2) is 4.98 Å². The van der Waals surface area contributed by atoms with Crippen LogP contribution in [-0.4, -0.2) is 47.2 Å². The maximum atomic E-state index is 12.9. The van der Waals surface area contributed by atoms with E-state index in [2.05, 4.69) is 4.98 Å². The number of thiophene rings is 1. The van der Waals surface area contributed by atoms with E-state index in [-0.39, 0.29) is 24.2 Å². The van der Waals surface area contributed by atoms with Crippen molar-refractivity contribution < 1.29 is 14.3 Å². The number of likely N-dealkylation sites (tertiary alicyclic amines) is 1. The summed E-state index contributed by atoms with van der Waals surface area (Å²) in [6.07, 6.45) is 3.40. The molecule has 2 aliphatic heterocycles. The van der Waals surface area contributed by atoms with Crippen LogP contribution in [0, 0.1) is 6.92 Å². The molecule has 24 heavy (non-hydrogen) atoms. The van der Waals surface area contributed by atoms with E-state index < -0.39 is 0 Å². The number of rotatable bonds is 3. The number of aryl methyl sites for hydroxylation is 1. The van der Waals surface area contributed by atoms with Gasteiger partial charge in [-0.15, -0.1) is 11.3 Å². The standard InChI is InChI=1S/C18H20N2O3S/c1-12-7-8-15(24-12)18(21)20-11-14(17-13(20)5-4-10-22-17)23-16-6-2-3-9-19-16/h2-3,6-9,13-14,17H,4-5,10-11H2,1H3/t13-,14+,17+/m0/s1. The summed E-state index contributed by atoms with van der Waals surface area (Å²) in [7, 11) is 0. The number of carbonyl (C=O) groups excluding carboxylic acids is 1. The summed E-state index contributed by atoms with van der Waals surface area (Å²) in [5.74, 6) is 0.664. The summed E-state index contributed by atoms with van der Waals surface area (Å²) in [5, 5.41) is 0. The zero-order valence-electron chi connectivity index (χ0n) is 13.6. The van der Waals surface area contributed by atoms with Crippen molar-refractivity contribution in [3.8, 4) is 5.88 Å². The van der Waals surface area contributed by atoms with Crippen molar-refractivity contribution in [1.82, 2.24) is 9.88 Å². The second-order valence-corrected chi connectivity index (χ2v) is 7.52. The van der Waals surface area contributed by atoms with Gasteiger partial charge >= 0.3 is 0 Å². The normalized spacial score (nSPS) is 26.2. The smallest absolute Gasteiger partial charge is 0.264 e. The lowest BCUT2D eigenvalue weighted by Gasteiger charge is -2.31. The first-order chi connectivity index (χ1) is 11.7. The maximum Gasteiger partial charge on any atom is 0.264 e. The molecular formula is C18H20N2O3S. The summed E-state index contributed by atoms with van der Waals surface area (Å²) < 4.78 is 12.0. The van der Waals surface area contributed by atoms with Gasteiger partial charge in [0, 0.05) is 23.7 Å². The lowest BCUT2D eigenvalue weighted by molar-refractivity contribution is -0.0455. The summed E-state index contributed by atoms with van der Waals surface area (Å²) in [4.78, 5) is 21.0. The van der Waals surface area contributed by atoms with E-state index >= 15 is 0 Å². The maximum absolute atomic E-state index is 12.9. The van der Waals surface area contributed by atoms with Crippen LogP contribution >= 0.6 is 11.3 Å². The monoisotopic (exact) mass is 344 g/mol. The topological polar surface area (TPSA) is 51.7 Å². The minimum absolute atomic E-state index is 0.0780. The second kappa shape index (κ2) is 6.53. The summed E-state index contributed by atoms with van der Waals surface area (Å²) in [5.41, 5.74) is 0. The molecule has 0 radical (unpaired) electrons. The first-order valence-electron chi connectivity index (χ1n) is 8.29. The largest absolute Gasteiger partial charge is 0.470 e. The number of aromatic nitrogens is 1. The van der Waals surface area contributed by atoms with E-state index in [0.29, 0.717) is 12.4 Å². The fourth-order valence-electron chi connectivity index (χ4n) is 3.51. The Labute approximate surface area is 145 Å². The van der Waals surface area contributed by atoms with Crippen LogP contribution in [0.3, 0.4) is 0 Å². The number of pyridine rings is 1. The summed E-state index contributed by atoms with van der Waals surface area (Å²) in [6, 6.07) is 9.58. The van der Waals surface area contributed by atoms with Crippen LogP contribution in [0.2, 0.25) is 0 Å². The van der Waals surface area contributed by atoms with Crippen molar-refractivity contribution in [2.75, 3.05) is 13.2 Å². The molecule has 0 bridgehead atoms. The second-order valence-electron chi connectivity index (χ2n) is 6.24. The molecule has 2 aromatic heterocycles. The zero-order chi connectivity index (χ0) is 16.5. The molecule has 2 aliphatic rings. The van der Waals surface area contributed by atoms with Crippen LogP contribution in [0.25, 0.3) is 0 Å². The quantitative estimate of drug-likeness (QED) is 0.859. The molecular weight excluding hydrogens is 324 g/mol. The summed E-state index contributed by atoms with van der Waals surface area (Å²) in [6.45, 7) is 3.29.